The molecule has 0 amide bonds. The number of nitrogens with zero attached hydrogens (tertiary/aromatic N) is 1. The number of hydrogen-bond donors (Lipinski definition) is 1. The highest BCUT2D eigenvalue weighted by molar-refractivity contribution is 7.89. The van der Waals surface area contributed by atoms with Gasteiger partial charge < -0.3 is 4.42 Å². The van der Waals surface area contributed by atoms with Gasteiger partial charge in [0.25, 0.3) is 0 Å². The van der Waals surface area contributed by atoms with Gasteiger partial charge in [0.05, 0.1) is 11.1 Å². The van der Waals surface area contributed by atoms with Crippen molar-refractivity contribution in [3.8, 4) is 11.5 Å². The molecule has 2 rings (SSSR count). The van der Waals surface area contributed by atoms with Crippen molar-refractivity contribution in [2.24, 2.45) is 5.14 Å². The number of rotatable bonds is 2. The van der Waals surface area contributed by atoms with Crippen LogP contribution in [0.2, 0.25) is 0 Å². The zero-order chi connectivity index (χ0) is 10.9. The van der Waals surface area contributed by atoms with E-state index in [0.717, 1.165) is 0 Å². The van der Waals surface area contributed by atoms with Gasteiger partial charge in [0.1, 0.15) is 6.26 Å². The normalized spacial score (nSPS) is 11.5. The van der Waals surface area contributed by atoms with Crippen LogP contribution >= 0.6 is 0 Å². The molecule has 0 bridgehead atoms. The van der Waals surface area contributed by atoms with Crippen LogP contribution in [0.5, 0.6) is 0 Å². The molecule has 0 fully saturated rings. The number of sulfonamides is 1. The summed E-state index contributed by atoms with van der Waals surface area (Å²) in [6.45, 7) is 0. The molecule has 2 aromatic rings. The molecule has 78 valence electrons. The first-order valence-corrected chi connectivity index (χ1v) is 5.65. The van der Waals surface area contributed by atoms with E-state index in [1.165, 1.54) is 24.6 Å². The van der Waals surface area contributed by atoms with Gasteiger partial charge in [0.2, 0.25) is 15.9 Å². The van der Waals surface area contributed by atoms with E-state index in [-0.39, 0.29) is 4.90 Å². The molecule has 2 N–H and O–H groups in total. The van der Waals surface area contributed by atoms with Crippen molar-refractivity contribution >= 4 is 10.0 Å². The van der Waals surface area contributed by atoms with Crippen molar-refractivity contribution in [3.05, 3.63) is 36.7 Å². The summed E-state index contributed by atoms with van der Waals surface area (Å²) in [5, 5.41) is 4.96. The standard InChI is InChI=1S/C9H8N2O3S/c10-15(12,13)8-3-1-7(2-4-8)9-11-5-6-14-9/h1-6H,(H2,10,12,13). The maximum atomic E-state index is 11.0. The number of nitrogens with two attached hydrogens (primary N) is 1. The van der Waals surface area contributed by atoms with Crippen LogP contribution in [0.25, 0.3) is 11.5 Å². The summed E-state index contributed by atoms with van der Waals surface area (Å²) in [7, 11) is -3.64. The molecule has 0 saturated heterocycles. The molecule has 1 aromatic heterocycles. The summed E-state index contributed by atoms with van der Waals surface area (Å²) in [6, 6.07) is 6.00. The number of benzene rings is 1. The van der Waals surface area contributed by atoms with Gasteiger partial charge in [-0.25, -0.2) is 18.5 Å². The second-order valence-electron chi connectivity index (χ2n) is 2.91. The molecule has 0 radical (unpaired) electrons. The van der Waals surface area contributed by atoms with Crippen LogP contribution in [-0.2, 0) is 10.0 Å². The third-order valence-corrected chi connectivity index (χ3v) is 2.79. The Kier molecular flexibility index (Phi) is 2.29. The van der Waals surface area contributed by atoms with E-state index in [1.807, 2.05) is 0 Å². The predicted molar refractivity (Wildman–Crippen MR) is 53.3 cm³/mol. The van der Waals surface area contributed by atoms with Crippen molar-refractivity contribution in [2.45, 2.75) is 4.90 Å². The second kappa shape index (κ2) is 3.48. The van der Waals surface area contributed by atoms with Gasteiger partial charge in [-0.15, -0.1) is 0 Å². The Bertz CT molecular complexity index is 544. The smallest absolute Gasteiger partial charge is 0.238 e. The maximum absolute atomic E-state index is 11.0. The fourth-order valence-electron chi connectivity index (χ4n) is 1.15. The lowest BCUT2D eigenvalue weighted by molar-refractivity contribution is 0.574. The summed E-state index contributed by atoms with van der Waals surface area (Å²) in [5.41, 5.74) is 0.701. The highest BCUT2D eigenvalue weighted by Gasteiger charge is 2.08. The third-order valence-electron chi connectivity index (χ3n) is 1.86. The van der Waals surface area contributed by atoms with E-state index in [0.29, 0.717) is 11.5 Å². The Hall–Kier alpha value is -1.66. The van der Waals surface area contributed by atoms with Crippen LogP contribution in [0.15, 0.2) is 46.0 Å². The SMILES string of the molecule is NS(=O)(=O)c1ccc(-c2ncco2)cc1. The lowest BCUT2D eigenvalue weighted by atomic mass is 10.2. The molecule has 0 aliphatic rings. The number of oxazole rings is 1. The molecule has 0 aliphatic carbocycles. The molecule has 15 heavy (non-hydrogen) atoms. The molecule has 5 nitrogen and oxygen atoms in total. The Balaban J connectivity index is 2.42. The van der Waals surface area contributed by atoms with Gasteiger partial charge in [0.15, 0.2) is 0 Å². The zero-order valence-corrected chi connectivity index (χ0v) is 8.44. The van der Waals surface area contributed by atoms with E-state index >= 15 is 0 Å². The average molecular weight is 224 g/mol. The summed E-state index contributed by atoms with van der Waals surface area (Å²) in [5.74, 6) is 0.441. The molecular weight excluding hydrogens is 216 g/mol. The second-order valence-corrected chi connectivity index (χ2v) is 4.47. The van der Waals surface area contributed by atoms with Crippen LogP contribution < -0.4 is 5.14 Å². The largest absolute Gasteiger partial charge is 0.445 e. The first-order valence-electron chi connectivity index (χ1n) is 4.10. The predicted octanol–water partition coefficient (Wildman–Crippen LogP) is 0.989. The Labute approximate surface area is 86.6 Å². The number of hydrogen-bond acceptors (Lipinski definition) is 4. The van der Waals surface area contributed by atoms with Crippen LogP contribution in [0.3, 0.4) is 0 Å². The van der Waals surface area contributed by atoms with E-state index in [1.54, 1.807) is 12.1 Å². The summed E-state index contributed by atoms with van der Waals surface area (Å²) >= 11 is 0. The van der Waals surface area contributed by atoms with Crippen molar-refractivity contribution in [2.75, 3.05) is 0 Å². The molecule has 0 aliphatic heterocycles. The highest BCUT2D eigenvalue weighted by atomic mass is 32.2. The van der Waals surface area contributed by atoms with Crippen LogP contribution in [0.1, 0.15) is 0 Å². The molecule has 6 heteroatoms. The summed E-state index contributed by atoms with van der Waals surface area (Å²) in [6.07, 6.45) is 2.96. The summed E-state index contributed by atoms with van der Waals surface area (Å²) in [4.78, 5) is 4.00. The van der Waals surface area contributed by atoms with Gasteiger partial charge in [0, 0.05) is 5.56 Å². The van der Waals surface area contributed by atoms with Crippen LogP contribution in [0.4, 0.5) is 0 Å². The molecule has 0 spiro atoms. The van der Waals surface area contributed by atoms with Crippen molar-refractivity contribution in [1.82, 2.24) is 4.98 Å². The Morgan fingerprint density at radius 1 is 1.20 bits per heavy atom. The van der Waals surface area contributed by atoms with Crippen molar-refractivity contribution in [1.29, 1.82) is 0 Å². The number of primary sulfonamides is 1. The molecule has 0 atom stereocenters. The Morgan fingerprint density at radius 3 is 2.33 bits per heavy atom. The maximum Gasteiger partial charge on any atom is 0.238 e. The van der Waals surface area contributed by atoms with Crippen LogP contribution in [-0.4, -0.2) is 13.4 Å². The van der Waals surface area contributed by atoms with E-state index in [9.17, 15) is 8.42 Å². The highest BCUT2D eigenvalue weighted by Crippen LogP contribution is 2.18. The fourth-order valence-corrected chi connectivity index (χ4v) is 1.67. The third kappa shape index (κ3) is 2.05. The zero-order valence-electron chi connectivity index (χ0n) is 7.62. The van der Waals surface area contributed by atoms with Crippen molar-refractivity contribution < 1.29 is 12.8 Å². The minimum absolute atomic E-state index is 0.0674. The molecule has 0 saturated carbocycles. The van der Waals surface area contributed by atoms with Gasteiger partial charge in [-0.2, -0.15) is 0 Å². The molecule has 1 aromatic carbocycles. The fraction of sp³-hybridized carbons (Fsp3) is 0. The lowest BCUT2D eigenvalue weighted by Gasteiger charge is -1.98. The molecular formula is C9H8N2O3S. The summed E-state index contributed by atoms with van der Waals surface area (Å²) < 4.78 is 27.0. The van der Waals surface area contributed by atoms with Gasteiger partial charge in [-0.05, 0) is 24.3 Å². The topological polar surface area (TPSA) is 86.2 Å². The number of aromatic nitrogens is 1. The van der Waals surface area contributed by atoms with E-state index < -0.39 is 10.0 Å². The minimum atomic E-state index is -3.64. The monoisotopic (exact) mass is 224 g/mol. The first kappa shape index (κ1) is 9.88. The van der Waals surface area contributed by atoms with Gasteiger partial charge >= 0.3 is 0 Å². The van der Waals surface area contributed by atoms with E-state index in [4.69, 9.17) is 9.56 Å². The van der Waals surface area contributed by atoms with Gasteiger partial charge in [-0.3, -0.25) is 0 Å². The molecule has 1 heterocycles. The van der Waals surface area contributed by atoms with Crippen molar-refractivity contribution in [3.63, 3.8) is 0 Å². The minimum Gasteiger partial charge on any atom is -0.445 e. The molecule has 0 unspecified atom stereocenters. The first-order chi connectivity index (χ1) is 7.07. The van der Waals surface area contributed by atoms with Crippen LogP contribution in [0, 0.1) is 0 Å². The quantitative estimate of drug-likeness (QED) is 0.824. The Morgan fingerprint density at radius 2 is 1.87 bits per heavy atom. The van der Waals surface area contributed by atoms with E-state index in [2.05, 4.69) is 4.98 Å². The lowest BCUT2D eigenvalue weighted by Crippen LogP contribution is -2.11. The van der Waals surface area contributed by atoms with Gasteiger partial charge in [-0.1, -0.05) is 0 Å². The average Bonchev–Trinajstić information content (AvgIpc) is 2.69.